The van der Waals surface area contributed by atoms with Crippen LogP contribution in [0.25, 0.3) is 16.5 Å². The van der Waals surface area contributed by atoms with Crippen molar-refractivity contribution >= 4 is 44.1 Å². The van der Waals surface area contributed by atoms with E-state index in [-0.39, 0.29) is 22.8 Å². The molecule has 0 radical (unpaired) electrons. The number of methoxy groups -OCH3 is 1. The van der Waals surface area contributed by atoms with E-state index >= 15 is 0 Å². The van der Waals surface area contributed by atoms with Crippen molar-refractivity contribution in [2.45, 2.75) is 18.7 Å². The topological polar surface area (TPSA) is 165 Å². The molecule has 0 unspecified atom stereocenters. The van der Waals surface area contributed by atoms with Crippen LogP contribution in [0.4, 0.5) is 17.1 Å². The lowest BCUT2D eigenvalue weighted by Gasteiger charge is -2.16. The van der Waals surface area contributed by atoms with Gasteiger partial charge >= 0.3 is 0 Å². The Labute approximate surface area is 252 Å². The van der Waals surface area contributed by atoms with Crippen LogP contribution in [0.3, 0.4) is 0 Å². The summed E-state index contributed by atoms with van der Waals surface area (Å²) in [6.45, 7) is 3.75. The summed E-state index contributed by atoms with van der Waals surface area (Å²) in [7, 11) is -2.87. The zero-order valence-corrected chi connectivity index (χ0v) is 24.6. The maximum absolute atomic E-state index is 13.5. The number of hydrazone groups is 1. The summed E-state index contributed by atoms with van der Waals surface area (Å²) in [6, 6.07) is 21.5. The number of aromatic hydroxyl groups is 1. The highest BCUT2D eigenvalue weighted by Gasteiger charge is 2.23. The molecule has 1 heterocycles. The number of non-ortho nitro benzene ring substituents is 1. The molecule has 0 aliphatic carbocycles. The molecule has 5 rings (SSSR count). The summed E-state index contributed by atoms with van der Waals surface area (Å²) in [5.74, 6) is 0.142. The lowest BCUT2D eigenvalue weighted by Crippen LogP contribution is -2.21. The molecule has 0 bridgehead atoms. The van der Waals surface area contributed by atoms with Crippen molar-refractivity contribution in [3.8, 4) is 17.3 Å². The van der Waals surface area contributed by atoms with Gasteiger partial charge in [-0.25, -0.2) is 13.0 Å². The Hall–Kier alpha value is -5.69. The molecule has 3 N–H and O–H groups in total. The fourth-order valence-corrected chi connectivity index (χ4v) is 5.98. The predicted octanol–water partition coefficient (Wildman–Crippen LogP) is 5.48. The number of hydrogen-bond donors (Lipinski definition) is 3. The number of aromatic nitrogens is 1. The Morgan fingerprint density at radius 2 is 1.68 bits per heavy atom. The van der Waals surface area contributed by atoms with Crippen molar-refractivity contribution in [2.75, 3.05) is 17.3 Å². The van der Waals surface area contributed by atoms with Crippen molar-refractivity contribution in [1.29, 1.82) is 0 Å². The molecular weight excluding hydrogens is 586 g/mol. The van der Waals surface area contributed by atoms with E-state index < -0.39 is 31.1 Å². The molecule has 0 spiro atoms. The first-order chi connectivity index (χ1) is 21.0. The average molecular weight is 614 g/mol. The minimum Gasteiger partial charge on any atom is -0.497 e. The molecule has 1 aromatic heterocycles. The fourth-order valence-electron chi connectivity index (χ4n) is 4.74. The second-order valence-corrected chi connectivity index (χ2v) is 11.5. The van der Waals surface area contributed by atoms with Crippen LogP contribution >= 0.6 is 0 Å². The summed E-state index contributed by atoms with van der Waals surface area (Å²) in [5, 5.41) is 27.7. The number of hydrogen-bond acceptors (Lipinski definition) is 9. The number of nitrogens with one attached hydrogen (secondary N) is 2. The zero-order valence-electron chi connectivity index (χ0n) is 23.8. The van der Waals surface area contributed by atoms with Crippen LogP contribution in [0.2, 0.25) is 0 Å². The van der Waals surface area contributed by atoms with Gasteiger partial charge in [-0.3, -0.25) is 25.1 Å². The normalized spacial score (nSPS) is 11.5. The molecule has 4 aromatic carbocycles. The third-order valence-electron chi connectivity index (χ3n) is 6.88. The van der Waals surface area contributed by atoms with Gasteiger partial charge in [0.05, 0.1) is 35.2 Å². The van der Waals surface area contributed by atoms with E-state index in [9.17, 15) is 28.4 Å². The SMILES string of the molecule is COc1ccc(NS(=O)(=O)c2cc([N+](=O)[O-])ccc2N/N=C/c2c(O)n(-c3ccc(C)cc3C)c(=O)c3ccccc23)cc1. The van der Waals surface area contributed by atoms with Gasteiger partial charge in [0.25, 0.3) is 21.3 Å². The van der Waals surface area contributed by atoms with E-state index in [4.69, 9.17) is 4.74 Å². The summed E-state index contributed by atoms with van der Waals surface area (Å²) in [5.41, 5.74) is 4.32. The Morgan fingerprint density at radius 1 is 0.977 bits per heavy atom. The molecule has 0 fully saturated rings. The molecule has 0 saturated heterocycles. The number of nitro groups is 1. The highest BCUT2D eigenvalue weighted by molar-refractivity contribution is 7.92. The van der Waals surface area contributed by atoms with E-state index in [0.29, 0.717) is 22.2 Å². The number of aryl methyl sites for hydroxylation is 2. The van der Waals surface area contributed by atoms with Crippen LogP contribution in [-0.2, 0) is 10.0 Å². The van der Waals surface area contributed by atoms with Gasteiger partial charge in [-0.2, -0.15) is 5.10 Å². The Kier molecular flexibility index (Phi) is 8.05. The third-order valence-corrected chi connectivity index (χ3v) is 8.30. The van der Waals surface area contributed by atoms with Gasteiger partial charge in [-0.1, -0.05) is 35.9 Å². The van der Waals surface area contributed by atoms with Crippen molar-refractivity contribution in [3.63, 3.8) is 0 Å². The molecule has 5 aromatic rings. The highest BCUT2D eigenvalue weighted by atomic mass is 32.2. The lowest BCUT2D eigenvalue weighted by molar-refractivity contribution is -0.385. The molecule has 13 heteroatoms. The monoisotopic (exact) mass is 613 g/mol. The maximum Gasteiger partial charge on any atom is 0.270 e. The van der Waals surface area contributed by atoms with Crippen LogP contribution in [0, 0.1) is 24.0 Å². The van der Waals surface area contributed by atoms with Gasteiger partial charge in [-0.05, 0) is 61.9 Å². The highest BCUT2D eigenvalue weighted by Crippen LogP contribution is 2.30. The largest absolute Gasteiger partial charge is 0.497 e. The molecule has 0 aliphatic heterocycles. The minimum absolute atomic E-state index is 0.0700. The third kappa shape index (κ3) is 5.80. The number of pyridine rings is 1. The van der Waals surface area contributed by atoms with Gasteiger partial charge in [0.2, 0.25) is 5.88 Å². The summed E-state index contributed by atoms with van der Waals surface area (Å²) in [4.78, 5) is 23.8. The van der Waals surface area contributed by atoms with E-state index in [1.165, 1.54) is 36.1 Å². The molecular formula is C31H27N5O7S. The molecule has 12 nitrogen and oxygen atoms in total. The van der Waals surface area contributed by atoms with Gasteiger partial charge in [-0.15, -0.1) is 0 Å². The van der Waals surface area contributed by atoms with Crippen LogP contribution in [-0.4, -0.2) is 36.3 Å². The molecule has 0 saturated carbocycles. The Bertz CT molecular complexity index is 2110. The quantitative estimate of drug-likeness (QED) is 0.112. The molecule has 0 aliphatic rings. The number of rotatable bonds is 9. The van der Waals surface area contributed by atoms with Crippen LogP contribution < -0.4 is 20.4 Å². The van der Waals surface area contributed by atoms with Crippen molar-refractivity contribution < 1.29 is 23.2 Å². The predicted molar refractivity (Wildman–Crippen MR) is 169 cm³/mol. The van der Waals surface area contributed by atoms with Crippen LogP contribution in [0.5, 0.6) is 11.6 Å². The van der Waals surface area contributed by atoms with E-state index in [2.05, 4.69) is 15.2 Å². The summed E-state index contributed by atoms with van der Waals surface area (Å²) < 4.78 is 35.4. The van der Waals surface area contributed by atoms with E-state index in [0.717, 1.165) is 23.3 Å². The fraction of sp³-hybridized carbons (Fsp3) is 0.0968. The van der Waals surface area contributed by atoms with Gasteiger partial charge in [0, 0.05) is 28.6 Å². The smallest absolute Gasteiger partial charge is 0.270 e. The Morgan fingerprint density at radius 3 is 2.34 bits per heavy atom. The second-order valence-electron chi connectivity index (χ2n) is 9.85. The van der Waals surface area contributed by atoms with Crippen LogP contribution in [0.15, 0.2) is 99.7 Å². The number of fused-ring (bicyclic) bond motifs is 1. The number of sulfonamides is 1. The van der Waals surface area contributed by atoms with Crippen molar-refractivity contribution in [2.24, 2.45) is 5.10 Å². The van der Waals surface area contributed by atoms with E-state index in [1.807, 2.05) is 26.0 Å². The number of nitro benzene ring substituents is 1. The van der Waals surface area contributed by atoms with Crippen molar-refractivity contribution in [3.05, 3.63) is 122 Å². The number of benzene rings is 4. The van der Waals surface area contributed by atoms with Gasteiger partial charge in [0.15, 0.2) is 0 Å². The second kappa shape index (κ2) is 11.9. The van der Waals surface area contributed by atoms with Crippen molar-refractivity contribution in [1.82, 2.24) is 4.57 Å². The first kappa shape index (κ1) is 29.8. The zero-order chi connectivity index (χ0) is 31.6. The minimum atomic E-state index is -4.34. The molecule has 44 heavy (non-hydrogen) atoms. The van der Waals surface area contributed by atoms with Gasteiger partial charge < -0.3 is 9.84 Å². The number of ether oxygens (including phenoxy) is 1. The molecule has 224 valence electrons. The first-order valence-corrected chi connectivity index (χ1v) is 14.7. The number of nitrogens with zero attached hydrogens (tertiary/aromatic N) is 3. The van der Waals surface area contributed by atoms with Gasteiger partial charge in [0.1, 0.15) is 10.6 Å². The Balaban J connectivity index is 1.57. The van der Waals surface area contributed by atoms with Crippen LogP contribution in [0.1, 0.15) is 16.7 Å². The summed E-state index contributed by atoms with van der Waals surface area (Å²) in [6.07, 6.45) is 1.26. The molecule has 0 atom stereocenters. The standard InChI is InChI=1S/C31H27N5O7S/c1-19-8-15-28(20(2)16-19)35-30(37)25-7-5-4-6-24(25)26(31(35)38)18-32-33-27-14-11-22(36(39)40)17-29(27)44(41,42)34-21-9-12-23(43-3)13-10-21/h4-18,33-34,38H,1-3H3/b32-18+. The maximum atomic E-state index is 13.5. The molecule has 0 amide bonds. The lowest BCUT2D eigenvalue weighted by atomic mass is 10.1. The summed E-state index contributed by atoms with van der Waals surface area (Å²) >= 11 is 0. The number of anilines is 2. The average Bonchev–Trinajstić information content (AvgIpc) is 3.00. The van der Waals surface area contributed by atoms with E-state index in [1.54, 1.807) is 42.5 Å². The first-order valence-electron chi connectivity index (χ1n) is 13.2.